The zero-order chi connectivity index (χ0) is 18.6. The highest BCUT2D eigenvalue weighted by atomic mass is 32.2. The van der Waals surface area contributed by atoms with Crippen LogP contribution in [0.1, 0.15) is 10.4 Å². The van der Waals surface area contributed by atoms with Crippen LogP contribution in [0, 0.1) is 0 Å². The fourth-order valence-electron chi connectivity index (χ4n) is 2.58. The lowest BCUT2D eigenvalue weighted by Crippen LogP contribution is -2.40. The maximum absolute atomic E-state index is 12.8. The molecule has 1 N–H and O–H groups in total. The molecule has 0 radical (unpaired) electrons. The van der Waals surface area contributed by atoms with Crippen molar-refractivity contribution in [2.75, 3.05) is 38.7 Å². The SMILES string of the molecule is COc1ccc(S(=O)(=O)N2CCOCC2)cc1C(=O)Nc1ccccn1. The number of amides is 1. The molecule has 0 saturated carbocycles. The smallest absolute Gasteiger partial charge is 0.260 e. The Morgan fingerprint density at radius 3 is 2.65 bits per heavy atom. The van der Waals surface area contributed by atoms with E-state index >= 15 is 0 Å². The summed E-state index contributed by atoms with van der Waals surface area (Å²) in [6, 6.07) is 9.33. The first kappa shape index (κ1) is 18.3. The zero-order valence-corrected chi connectivity index (χ0v) is 15.0. The van der Waals surface area contributed by atoms with E-state index in [1.54, 1.807) is 24.4 Å². The van der Waals surface area contributed by atoms with E-state index in [2.05, 4.69) is 10.3 Å². The predicted octanol–water partition coefficient (Wildman–Crippen LogP) is 1.36. The molecule has 138 valence electrons. The minimum atomic E-state index is -3.71. The van der Waals surface area contributed by atoms with Crippen molar-refractivity contribution in [3.63, 3.8) is 0 Å². The fraction of sp³-hybridized carbons (Fsp3) is 0.294. The number of pyridine rings is 1. The number of hydrogen-bond donors (Lipinski definition) is 1. The summed E-state index contributed by atoms with van der Waals surface area (Å²) >= 11 is 0. The fourth-order valence-corrected chi connectivity index (χ4v) is 4.02. The summed E-state index contributed by atoms with van der Waals surface area (Å²) in [5.41, 5.74) is 0.118. The molecule has 26 heavy (non-hydrogen) atoms. The number of ether oxygens (including phenoxy) is 2. The maximum atomic E-state index is 12.8. The number of morpholine rings is 1. The number of anilines is 1. The van der Waals surface area contributed by atoms with Crippen molar-refractivity contribution < 1.29 is 22.7 Å². The lowest BCUT2D eigenvalue weighted by Gasteiger charge is -2.26. The molecule has 0 atom stereocenters. The van der Waals surface area contributed by atoms with Gasteiger partial charge < -0.3 is 14.8 Å². The van der Waals surface area contributed by atoms with Gasteiger partial charge in [-0.1, -0.05) is 6.07 Å². The number of benzene rings is 1. The number of aromatic nitrogens is 1. The Hall–Kier alpha value is -2.49. The second kappa shape index (κ2) is 7.81. The topological polar surface area (TPSA) is 97.8 Å². The van der Waals surface area contributed by atoms with Gasteiger partial charge in [-0.3, -0.25) is 4.79 Å². The van der Waals surface area contributed by atoms with Crippen molar-refractivity contribution in [1.29, 1.82) is 0 Å². The molecular formula is C17H19N3O5S. The molecule has 1 aliphatic heterocycles. The molecule has 0 aliphatic carbocycles. The van der Waals surface area contributed by atoms with Gasteiger partial charge in [0.2, 0.25) is 10.0 Å². The van der Waals surface area contributed by atoms with Crippen LogP contribution in [0.15, 0.2) is 47.5 Å². The van der Waals surface area contributed by atoms with Gasteiger partial charge in [0, 0.05) is 19.3 Å². The minimum Gasteiger partial charge on any atom is -0.496 e. The van der Waals surface area contributed by atoms with E-state index in [4.69, 9.17) is 9.47 Å². The number of hydrogen-bond acceptors (Lipinski definition) is 6. The Kier molecular flexibility index (Phi) is 5.50. The van der Waals surface area contributed by atoms with Crippen molar-refractivity contribution >= 4 is 21.7 Å². The van der Waals surface area contributed by atoms with E-state index in [0.717, 1.165) is 0 Å². The summed E-state index contributed by atoms with van der Waals surface area (Å²) in [5.74, 6) is 0.139. The summed E-state index contributed by atoms with van der Waals surface area (Å²) < 4.78 is 37.4. The monoisotopic (exact) mass is 377 g/mol. The highest BCUT2D eigenvalue weighted by Gasteiger charge is 2.28. The van der Waals surface area contributed by atoms with Gasteiger partial charge in [0.1, 0.15) is 11.6 Å². The third kappa shape index (κ3) is 3.85. The summed E-state index contributed by atoms with van der Waals surface area (Å²) in [4.78, 5) is 16.7. The third-order valence-corrected chi connectivity index (χ3v) is 5.82. The largest absolute Gasteiger partial charge is 0.496 e. The van der Waals surface area contributed by atoms with E-state index < -0.39 is 15.9 Å². The van der Waals surface area contributed by atoms with Gasteiger partial charge in [-0.25, -0.2) is 13.4 Å². The van der Waals surface area contributed by atoms with Crippen LogP contribution in [0.2, 0.25) is 0 Å². The molecule has 1 aliphatic rings. The molecule has 1 amide bonds. The number of sulfonamides is 1. The molecule has 1 aromatic carbocycles. The van der Waals surface area contributed by atoms with Crippen molar-refractivity contribution in [2.24, 2.45) is 0 Å². The highest BCUT2D eigenvalue weighted by molar-refractivity contribution is 7.89. The van der Waals surface area contributed by atoms with Crippen molar-refractivity contribution in [3.8, 4) is 5.75 Å². The molecule has 1 aromatic heterocycles. The normalized spacial score (nSPS) is 15.4. The Morgan fingerprint density at radius 2 is 2.00 bits per heavy atom. The van der Waals surface area contributed by atoms with Crippen LogP contribution in [0.5, 0.6) is 5.75 Å². The Balaban J connectivity index is 1.92. The van der Waals surface area contributed by atoms with Crippen molar-refractivity contribution in [1.82, 2.24) is 9.29 Å². The summed E-state index contributed by atoms with van der Waals surface area (Å²) in [7, 11) is -2.29. The summed E-state index contributed by atoms with van der Waals surface area (Å²) in [6.07, 6.45) is 1.55. The van der Waals surface area contributed by atoms with Crippen LogP contribution in [0.3, 0.4) is 0 Å². The second-order valence-corrected chi connectivity index (χ2v) is 7.49. The molecule has 0 spiro atoms. The number of nitrogens with one attached hydrogen (secondary N) is 1. The molecule has 2 heterocycles. The van der Waals surface area contributed by atoms with E-state index in [1.165, 1.54) is 29.6 Å². The van der Waals surface area contributed by atoms with Crippen molar-refractivity contribution in [2.45, 2.75) is 4.90 Å². The van der Waals surface area contributed by atoms with Crippen LogP contribution in [-0.2, 0) is 14.8 Å². The standard InChI is InChI=1S/C17H19N3O5S/c1-24-15-6-5-13(26(22,23)20-8-10-25-11-9-20)12-14(15)17(21)19-16-4-2-3-7-18-16/h2-7,12H,8-11H2,1H3,(H,18,19,21). The molecule has 0 unspecified atom stereocenters. The van der Waals surface area contributed by atoms with Crippen LogP contribution in [-0.4, -0.2) is 57.0 Å². The first-order valence-electron chi connectivity index (χ1n) is 8.00. The molecule has 9 heteroatoms. The molecule has 1 saturated heterocycles. The predicted molar refractivity (Wildman–Crippen MR) is 94.8 cm³/mol. The van der Waals surface area contributed by atoms with Crippen LogP contribution in [0.25, 0.3) is 0 Å². The second-order valence-electron chi connectivity index (χ2n) is 5.55. The Labute approximate surface area is 151 Å². The molecule has 1 fully saturated rings. The molecule has 3 rings (SSSR count). The molecule has 8 nitrogen and oxygen atoms in total. The first-order valence-corrected chi connectivity index (χ1v) is 9.44. The van der Waals surface area contributed by atoms with Gasteiger partial charge in [-0.15, -0.1) is 0 Å². The maximum Gasteiger partial charge on any atom is 0.260 e. The van der Waals surface area contributed by atoms with Gasteiger partial charge in [0.15, 0.2) is 0 Å². The minimum absolute atomic E-state index is 0.0337. The van der Waals surface area contributed by atoms with Gasteiger partial charge in [-0.2, -0.15) is 4.31 Å². The molecule has 2 aromatic rings. The Morgan fingerprint density at radius 1 is 1.23 bits per heavy atom. The molecule has 0 bridgehead atoms. The average Bonchev–Trinajstić information content (AvgIpc) is 2.69. The van der Waals surface area contributed by atoms with Gasteiger partial charge in [-0.05, 0) is 30.3 Å². The van der Waals surface area contributed by atoms with Crippen LogP contribution >= 0.6 is 0 Å². The lowest BCUT2D eigenvalue weighted by molar-refractivity contribution is 0.0730. The summed E-state index contributed by atoms with van der Waals surface area (Å²) in [5, 5.41) is 2.63. The number of carbonyl (C=O) groups is 1. The summed E-state index contributed by atoms with van der Waals surface area (Å²) in [6.45, 7) is 1.26. The Bertz CT molecular complexity index is 881. The van der Waals surface area contributed by atoms with E-state index in [9.17, 15) is 13.2 Å². The number of rotatable bonds is 5. The molecular weight excluding hydrogens is 358 g/mol. The van der Waals surface area contributed by atoms with Crippen molar-refractivity contribution in [3.05, 3.63) is 48.2 Å². The van der Waals surface area contributed by atoms with Gasteiger partial charge in [0.05, 0.1) is 30.8 Å². The zero-order valence-electron chi connectivity index (χ0n) is 14.2. The van der Waals surface area contributed by atoms with E-state index in [1.807, 2.05) is 0 Å². The third-order valence-electron chi connectivity index (χ3n) is 3.93. The van der Waals surface area contributed by atoms with Crippen LogP contribution < -0.4 is 10.1 Å². The average molecular weight is 377 g/mol. The van der Waals surface area contributed by atoms with E-state index in [-0.39, 0.29) is 29.3 Å². The van der Waals surface area contributed by atoms with Gasteiger partial charge in [0.25, 0.3) is 5.91 Å². The van der Waals surface area contributed by atoms with Gasteiger partial charge >= 0.3 is 0 Å². The number of nitrogens with zero attached hydrogens (tertiary/aromatic N) is 2. The van der Waals surface area contributed by atoms with E-state index in [0.29, 0.717) is 19.0 Å². The van der Waals surface area contributed by atoms with Crippen LogP contribution in [0.4, 0.5) is 5.82 Å². The number of methoxy groups -OCH3 is 1. The highest BCUT2D eigenvalue weighted by Crippen LogP contribution is 2.25. The number of carbonyl (C=O) groups excluding carboxylic acids is 1. The quantitative estimate of drug-likeness (QED) is 0.845. The lowest BCUT2D eigenvalue weighted by atomic mass is 10.2. The first-order chi connectivity index (χ1) is 12.5.